The van der Waals surface area contributed by atoms with Crippen LogP contribution in [0.5, 0.6) is 0 Å². The van der Waals surface area contributed by atoms with Gasteiger partial charge >= 0.3 is 5.97 Å². The number of hydrogen-bond acceptors (Lipinski definition) is 4. The second-order valence-electron chi connectivity index (χ2n) is 11.0. The average molecular weight is 570 g/mol. The third-order valence-corrected chi connectivity index (χ3v) is 8.60. The number of hydrogen-bond donors (Lipinski definition) is 3. The van der Waals surface area contributed by atoms with Crippen LogP contribution in [-0.2, 0) is 11.2 Å². The average Bonchev–Trinajstić information content (AvgIpc) is 3.01. The predicted octanol–water partition coefficient (Wildman–Crippen LogP) is 7.16. The zero-order chi connectivity index (χ0) is 28.8. The van der Waals surface area contributed by atoms with Gasteiger partial charge in [0.25, 0.3) is 5.91 Å². The van der Waals surface area contributed by atoms with E-state index in [0.29, 0.717) is 16.5 Å². The minimum Gasteiger partial charge on any atom is -0.480 e. The molecular formula is C34H36ClN3O3. The third-order valence-electron chi connectivity index (χ3n) is 8.34. The summed E-state index contributed by atoms with van der Waals surface area (Å²) in [7, 11) is 0. The second kappa shape index (κ2) is 13.2. The molecule has 7 heteroatoms. The summed E-state index contributed by atoms with van der Waals surface area (Å²) in [6.07, 6.45) is 10.4. The summed E-state index contributed by atoms with van der Waals surface area (Å²) in [5.74, 6) is 0.0311. The lowest BCUT2D eigenvalue weighted by atomic mass is 9.77. The molecule has 212 valence electrons. The molecule has 5 rings (SSSR count). The molecule has 1 aliphatic heterocycles. The first-order valence-electron chi connectivity index (χ1n) is 14.4. The number of carbonyl (C=O) groups excluding carboxylic acids is 1. The zero-order valence-corrected chi connectivity index (χ0v) is 24.0. The Morgan fingerprint density at radius 3 is 2.20 bits per heavy atom. The molecule has 41 heavy (non-hydrogen) atoms. The molecule has 1 unspecified atom stereocenters. The van der Waals surface area contributed by atoms with E-state index in [-0.39, 0.29) is 12.6 Å². The second-order valence-corrected chi connectivity index (χ2v) is 11.4. The highest BCUT2D eigenvalue weighted by molar-refractivity contribution is 6.30. The van der Waals surface area contributed by atoms with E-state index in [1.54, 1.807) is 24.3 Å². The van der Waals surface area contributed by atoms with Gasteiger partial charge in [-0.05, 0) is 84.0 Å². The number of amides is 1. The summed E-state index contributed by atoms with van der Waals surface area (Å²) < 4.78 is 0. The summed E-state index contributed by atoms with van der Waals surface area (Å²) in [5, 5.41) is 16.2. The zero-order valence-electron chi connectivity index (χ0n) is 23.2. The molecule has 1 amide bonds. The van der Waals surface area contributed by atoms with Crippen LogP contribution in [0.2, 0.25) is 5.02 Å². The van der Waals surface area contributed by atoms with Gasteiger partial charge in [-0.1, -0.05) is 73.5 Å². The molecule has 0 saturated heterocycles. The van der Waals surface area contributed by atoms with E-state index < -0.39 is 17.9 Å². The third kappa shape index (κ3) is 7.25. The van der Waals surface area contributed by atoms with Crippen molar-refractivity contribution in [1.82, 2.24) is 10.6 Å². The van der Waals surface area contributed by atoms with Gasteiger partial charge in [-0.3, -0.25) is 9.79 Å². The van der Waals surface area contributed by atoms with E-state index in [0.717, 1.165) is 28.2 Å². The van der Waals surface area contributed by atoms with Crippen LogP contribution in [0.25, 0.3) is 5.57 Å². The lowest BCUT2D eigenvalue weighted by Gasteiger charge is -2.28. The normalized spacial score (nSPS) is 20.9. The molecule has 1 heterocycles. The smallest absolute Gasteiger partial charge is 0.326 e. The van der Waals surface area contributed by atoms with Crippen molar-refractivity contribution < 1.29 is 14.7 Å². The Balaban J connectivity index is 1.16. The van der Waals surface area contributed by atoms with Crippen LogP contribution in [0.4, 0.5) is 0 Å². The van der Waals surface area contributed by atoms with E-state index in [9.17, 15) is 14.7 Å². The van der Waals surface area contributed by atoms with E-state index >= 15 is 0 Å². The number of aliphatic carboxylic acids is 1. The van der Waals surface area contributed by atoms with Crippen molar-refractivity contribution in [2.24, 2.45) is 10.9 Å². The van der Waals surface area contributed by atoms with Gasteiger partial charge in [0, 0.05) is 35.0 Å². The van der Waals surface area contributed by atoms with Crippen LogP contribution in [0.1, 0.15) is 83.7 Å². The number of rotatable bonds is 9. The van der Waals surface area contributed by atoms with E-state index in [2.05, 4.69) is 41.8 Å². The molecule has 3 aromatic rings. The van der Waals surface area contributed by atoms with Crippen LogP contribution in [0.15, 0.2) is 84.0 Å². The number of benzene rings is 3. The number of halogens is 1. The number of aliphatic imine (C=N–C) groups is 1. The molecule has 2 aliphatic rings. The number of nitrogens with zero attached hydrogens (tertiary/aromatic N) is 1. The minimum absolute atomic E-state index is 0.163. The van der Waals surface area contributed by atoms with Crippen LogP contribution in [-0.4, -0.2) is 29.2 Å². The summed E-state index contributed by atoms with van der Waals surface area (Å²) in [5.41, 5.74) is 5.75. The summed E-state index contributed by atoms with van der Waals surface area (Å²) in [4.78, 5) is 29.1. The van der Waals surface area contributed by atoms with Gasteiger partial charge in [-0.2, -0.15) is 0 Å². The van der Waals surface area contributed by atoms with Crippen molar-refractivity contribution in [1.29, 1.82) is 0 Å². The van der Waals surface area contributed by atoms with Gasteiger partial charge in [0.2, 0.25) is 0 Å². The summed E-state index contributed by atoms with van der Waals surface area (Å²) >= 11 is 5.88. The molecule has 3 aromatic carbocycles. The fourth-order valence-corrected chi connectivity index (χ4v) is 5.84. The van der Waals surface area contributed by atoms with Crippen LogP contribution in [0, 0.1) is 5.92 Å². The number of allylic oxidation sites excluding steroid dienone is 1. The van der Waals surface area contributed by atoms with Crippen LogP contribution in [0.3, 0.4) is 0 Å². The monoisotopic (exact) mass is 569 g/mol. The largest absolute Gasteiger partial charge is 0.480 e. The van der Waals surface area contributed by atoms with Crippen molar-refractivity contribution in [3.63, 3.8) is 0 Å². The van der Waals surface area contributed by atoms with Gasteiger partial charge < -0.3 is 15.7 Å². The Hall–Kier alpha value is -3.90. The Kier molecular flexibility index (Phi) is 9.20. The SMILES string of the molecule is CCC1CCC(c2ccc(C3=CNC(c4ccc(C[C@H](NC(=O)c5ccc(Cl)cc5)C(=O)O)cc4)N=C3)cc2)CC1. The van der Waals surface area contributed by atoms with Gasteiger partial charge in [0.05, 0.1) is 0 Å². The standard InChI is InChI=1S/C34H36ClN3O3/c1-2-22-3-7-24(8-4-22)25-11-13-26(14-12-25)29-20-36-32(37-21-29)27-9-5-23(6-10-27)19-31(34(40)41)38-33(39)28-15-17-30(35)18-16-28/h5-6,9-18,20-22,24,31-32,36H,2-4,7-8,19H2,1H3,(H,38,39)(H,40,41)/t22?,24?,31-,32?/m0/s1. The molecule has 0 spiro atoms. The number of nitrogens with one attached hydrogen (secondary N) is 2. The molecule has 1 aliphatic carbocycles. The first-order valence-corrected chi connectivity index (χ1v) is 14.7. The number of carboxylic acid groups (broad SMARTS) is 1. The quantitative estimate of drug-likeness (QED) is 0.255. The van der Waals surface area contributed by atoms with Crippen molar-refractivity contribution in [3.8, 4) is 0 Å². The van der Waals surface area contributed by atoms with Crippen molar-refractivity contribution in [2.45, 2.75) is 63.6 Å². The number of carboxylic acids is 1. The van der Waals surface area contributed by atoms with E-state index in [1.165, 1.54) is 37.7 Å². The molecule has 6 nitrogen and oxygen atoms in total. The fraction of sp³-hybridized carbons (Fsp3) is 0.324. The first kappa shape index (κ1) is 28.6. The maximum atomic E-state index is 12.5. The predicted molar refractivity (Wildman–Crippen MR) is 164 cm³/mol. The molecular weight excluding hydrogens is 534 g/mol. The highest BCUT2D eigenvalue weighted by Crippen LogP contribution is 2.37. The summed E-state index contributed by atoms with van der Waals surface area (Å²) in [6, 6.07) is 21.8. The molecule has 0 aromatic heterocycles. The Bertz CT molecular complexity index is 1410. The van der Waals surface area contributed by atoms with Crippen molar-refractivity contribution >= 4 is 35.3 Å². The lowest BCUT2D eigenvalue weighted by Crippen LogP contribution is -2.42. The maximum Gasteiger partial charge on any atom is 0.326 e. The van der Waals surface area contributed by atoms with E-state index in [4.69, 9.17) is 16.6 Å². The Morgan fingerprint density at radius 1 is 0.951 bits per heavy atom. The Morgan fingerprint density at radius 2 is 1.61 bits per heavy atom. The highest BCUT2D eigenvalue weighted by Gasteiger charge is 2.23. The minimum atomic E-state index is -1.09. The van der Waals surface area contributed by atoms with Crippen molar-refractivity contribution in [2.75, 3.05) is 0 Å². The molecule has 1 fully saturated rings. The topological polar surface area (TPSA) is 90.8 Å². The van der Waals surface area contributed by atoms with Crippen molar-refractivity contribution in [3.05, 3.63) is 112 Å². The lowest BCUT2D eigenvalue weighted by molar-refractivity contribution is -0.139. The van der Waals surface area contributed by atoms with Gasteiger partial charge in [-0.15, -0.1) is 0 Å². The summed E-state index contributed by atoms with van der Waals surface area (Å²) in [6.45, 7) is 2.30. The molecule has 1 saturated carbocycles. The molecule has 2 atom stereocenters. The fourth-order valence-electron chi connectivity index (χ4n) is 5.71. The molecule has 3 N–H and O–H groups in total. The van der Waals surface area contributed by atoms with Gasteiger partial charge in [0.15, 0.2) is 0 Å². The van der Waals surface area contributed by atoms with Crippen LogP contribution < -0.4 is 10.6 Å². The first-order chi connectivity index (χ1) is 19.9. The highest BCUT2D eigenvalue weighted by atomic mass is 35.5. The van der Waals surface area contributed by atoms with Gasteiger partial charge in [-0.25, -0.2) is 4.79 Å². The maximum absolute atomic E-state index is 12.5. The molecule has 0 bridgehead atoms. The van der Waals surface area contributed by atoms with E-state index in [1.807, 2.05) is 36.7 Å². The van der Waals surface area contributed by atoms with Crippen LogP contribution >= 0.6 is 11.6 Å². The Labute approximate surface area is 246 Å². The number of carbonyl (C=O) groups is 2. The molecule has 0 radical (unpaired) electrons. The van der Waals surface area contributed by atoms with Gasteiger partial charge in [0.1, 0.15) is 12.2 Å².